The number of hydrogen-bond donors (Lipinski definition) is 0. The molecule has 1 aliphatic rings. The summed E-state index contributed by atoms with van der Waals surface area (Å²) >= 11 is 0. The van der Waals surface area contributed by atoms with Crippen LogP contribution in [0.2, 0.25) is 0 Å². The lowest BCUT2D eigenvalue weighted by molar-refractivity contribution is -0.524. The highest BCUT2D eigenvalue weighted by Gasteiger charge is 2.38. The zero-order chi connectivity index (χ0) is 23.0. The smallest absolute Gasteiger partial charge is 0.217 e. The third kappa shape index (κ3) is 6.11. The Morgan fingerprint density at radius 1 is 0.938 bits per heavy atom. The average molecular weight is 446 g/mol. The van der Waals surface area contributed by atoms with Crippen molar-refractivity contribution in [3.63, 3.8) is 0 Å². The summed E-state index contributed by atoms with van der Waals surface area (Å²) in [6, 6.07) is 12.5. The van der Waals surface area contributed by atoms with Crippen LogP contribution in [0.4, 0.5) is 0 Å². The van der Waals surface area contributed by atoms with E-state index in [1.165, 1.54) is 0 Å². The van der Waals surface area contributed by atoms with E-state index in [1.54, 1.807) is 33.5 Å². The van der Waals surface area contributed by atoms with Gasteiger partial charge in [0.1, 0.15) is 5.75 Å². The third-order valence-corrected chi connectivity index (χ3v) is 5.84. The molecule has 1 saturated heterocycles. The molecule has 0 aliphatic carbocycles. The van der Waals surface area contributed by atoms with Crippen LogP contribution in [-0.2, 0) is 22.3 Å². The van der Waals surface area contributed by atoms with E-state index >= 15 is 0 Å². The zero-order valence-corrected chi connectivity index (χ0v) is 18.9. The van der Waals surface area contributed by atoms with E-state index in [1.807, 2.05) is 30.3 Å². The molecule has 1 unspecified atom stereocenters. The summed E-state index contributed by atoms with van der Waals surface area (Å²) < 4.78 is 27.7. The fourth-order valence-corrected chi connectivity index (χ4v) is 3.99. The molecule has 2 aromatic carbocycles. The first kappa shape index (κ1) is 23.8. The molecule has 1 heterocycles. The van der Waals surface area contributed by atoms with Crippen LogP contribution in [0.5, 0.6) is 17.2 Å². The molecular formula is C24H31NO7. The van der Waals surface area contributed by atoms with Gasteiger partial charge in [-0.3, -0.25) is 10.1 Å². The summed E-state index contributed by atoms with van der Waals surface area (Å²) in [7, 11) is 4.75. The maximum absolute atomic E-state index is 11.8. The molecule has 0 radical (unpaired) electrons. The Kier molecular flexibility index (Phi) is 8.30. The van der Waals surface area contributed by atoms with Gasteiger partial charge in [0.15, 0.2) is 17.3 Å². The molecule has 0 aromatic heterocycles. The number of methoxy groups -OCH3 is 3. The van der Waals surface area contributed by atoms with Crippen molar-refractivity contribution in [2.24, 2.45) is 0 Å². The highest BCUT2D eigenvalue weighted by atomic mass is 16.7. The Morgan fingerprint density at radius 3 is 2.19 bits per heavy atom. The van der Waals surface area contributed by atoms with Gasteiger partial charge in [-0.2, -0.15) is 0 Å². The molecule has 0 N–H and O–H groups in total. The number of benzene rings is 2. The summed E-state index contributed by atoms with van der Waals surface area (Å²) in [4.78, 5) is 11.6. The maximum Gasteiger partial charge on any atom is 0.217 e. The van der Waals surface area contributed by atoms with Gasteiger partial charge in [-0.1, -0.05) is 18.2 Å². The molecule has 1 fully saturated rings. The molecule has 1 aliphatic heterocycles. The van der Waals surface area contributed by atoms with Gasteiger partial charge in [-0.15, -0.1) is 0 Å². The van der Waals surface area contributed by atoms with Crippen LogP contribution < -0.4 is 14.2 Å². The van der Waals surface area contributed by atoms with Gasteiger partial charge in [-0.25, -0.2) is 0 Å². The van der Waals surface area contributed by atoms with Crippen LogP contribution in [0, 0.1) is 10.1 Å². The summed E-state index contributed by atoms with van der Waals surface area (Å²) in [5.74, 6) is 1.18. The monoisotopic (exact) mass is 445 g/mol. The van der Waals surface area contributed by atoms with Gasteiger partial charge < -0.3 is 23.7 Å². The highest BCUT2D eigenvalue weighted by Crippen LogP contribution is 2.33. The van der Waals surface area contributed by atoms with E-state index in [2.05, 4.69) is 0 Å². The molecule has 174 valence electrons. The third-order valence-electron chi connectivity index (χ3n) is 5.84. The minimum absolute atomic E-state index is 0.219. The lowest BCUT2D eigenvalue weighted by atomic mass is 9.95. The number of nitro groups is 1. The van der Waals surface area contributed by atoms with Crippen LogP contribution in [0.25, 0.3) is 0 Å². The molecule has 0 saturated carbocycles. The predicted molar refractivity (Wildman–Crippen MR) is 119 cm³/mol. The van der Waals surface area contributed by atoms with Crippen molar-refractivity contribution < 1.29 is 28.6 Å². The SMILES string of the molecule is COc1ccc(CCC2(CCC(Cc3ccc(OC)c(OC)c3)[N+](=O)[O-])OCCO2)cc1. The van der Waals surface area contributed by atoms with Crippen molar-refractivity contribution >= 4 is 0 Å². The lowest BCUT2D eigenvalue weighted by Crippen LogP contribution is -2.34. The van der Waals surface area contributed by atoms with Crippen LogP contribution in [0.1, 0.15) is 30.4 Å². The second-order valence-electron chi connectivity index (χ2n) is 7.83. The van der Waals surface area contributed by atoms with E-state index in [-0.39, 0.29) is 4.92 Å². The molecule has 0 bridgehead atoms. The molecule has 2 aromatic rings. The van der Waals surface area contributed by atoms with Crippen molar-refractivity contribution in [2.45, 2.75) is 43.9 Å². The van der Waals surface area contributed by atoms with Crippen LogP contribution in [0.15, 0.2) is 42.5 Å². The molecule has 1 atom stereocenters. The zero-order valence-electron chi connectivity index (χ0n) is 18.9. The second-order valence-corrected chi connectivity index (χ2v) is 7.83. The summed E-state index contributed by atoms with van der Waals surface area (Å²) in [5.41, 5.74) is 1.96. The van der Waals surface area contributed by atoms with E-state index in [9.17, 15) is 10.1 Å². The Bertz CT molecular complexity index is 878. The molecular weight excluding hydrogens is 414 g/mol. The Balaban J connectivity index is 1.63. The topological polar surface area (TPSA) is 89.3 Å². The molecule has 8 heteroatoms. The van der Waals surface area contributed by atoms with Crippen LogP contribution in [-0.4, -0.2) is 51.3 Å². The summed E-state index contributed by atoms with van der Waals surface area (Å²) in [6.07, 6.45) is 2.50. The van der Waals surface area contributed by atoms with Crippen molar-refractivity contribution in [3.05, 3.63) is 63.7 Å². The van der Waals surface area contributed by atoms with Crippen molar-refractivity contribution in [1.29, 1.82) is 0 Å². The maximum atomic E-state index is 11.8. The van der Waals surface area contributed by atoms with Gasteiger partial charge in [0.05, 0.1) is 34.5 Å². The minimum atomic E-state index is -0.786. The van der Waals surface area contributed by atoms with Gasteiger partial charge in [0.25, 0.3) is 0 Å². The Labute approximate surface area is 188 Å². The van der Waals surface area contributed by atoms with E-state index in [0.717, 1.165) is 23.3 Å². The standard InChI is InChI=1S/C24H31NO7/c1-28-21-7-4-18(5-8-21)10-12-24(31-14-15-32-24)13-11-20(25(26)27)16-19-6-9-22(29-2)23(17-19)30-3/h4-9,17,20H,10-16H2,1-3H3. The van der Waals surface area contributed by atoms with Crippen LogP contribution >= 0.6 is 0 Å². The minimum Gasteiger partial charge on any atom is -0.497 e. The lowest BCUT2D eigenvalue weighted by Gasteiger charge is -2.28. The Hall–Kier alpha value is -2.84. The molecule has 3 rings (SSSR count). The number of aryl methyl sites for hydroxylation is 1. The highest BCUT2D eigenvalue weighted by molar-refractivity contribution is 5.43. The van der Waals surface area contributed by atoms with Gasteiger partial charge in [-0.05, 0) is 41.8 Å². The summed E-state index contributed by atoms with van der Waals surface area (Å²) in [5, 5.41) is 11.8. The average Bonchev–Trinajstić information content (AvgIpc) is 3.29. The largest absolute Gasteiger partial charge is 0.497 e. The van der Waals surface area contributed by atoms with E-state index < -0.39 is 11.8 Å². The number of rotatable bonds is 12. The first-order valence-corrected chi connectivity index (χ1v) is 10.7. The van der Waals surface area contributed by atoms with Gasteiger partial charge in [0.2, 0.25) is 6.04 Å². The van der Waals surface area contributed by atoms with E-state index in [0.29, 0.717) is 50.4 Å². The molecule has 8 nitrogen and oxygen atoms in total. The van der Waals surface area contributed by atoms with E-state index in [4.69, 9.17) is 23.7 Å². The first-order chi connectivity index (χ1) is 15.5. The first-order valence-electron chi connectivity index (χ1n) is 10.7. The van der Waals surface area contributed by atoms with Crippen molar-refractivity contribution in [2.75, 3.05) is 34.5 Å². The predicted octanol–water partition coefficient (Wildman–Crippen LogP) is 4.06. The molecule has 0 amide bonds. The second kappa shape index (κ2) is 11.2. The Morgan fingerprint density at radius 2 is 1.59 bits per heavy atom. The van der Waals surface area contributed by atoms with Crippen molar-refractivity contribution in [1.82, 2.24) is 0 Å². The number of hydrogen-bond acceptors (Lipinski definition) is 7. The van der Waals surface area contributed by atoms with Gasteiger partial charge in [0, 0.05) is 30.6 Å². The molecule has 32 heavy (non-hydrogen) atoms. The fourth-order valence-electron chi connectivity index (χ4n) is 3.99. The van der Waals surface area contributed by atoms with Crippen molar-refractivity contribution in [3.8, 4) is 17.2 Å². The van der Waals surface area contributed by atoms with Crippen LogP contribution in [0.3, 0.4) is 0 Å². The molecule has 0 spiro atoms. The summed E-state index contributed by atoms with van der Waals surface area (Å²) in [6.45, 7) is 1.00. The number of ether oxygens (including phenoxy) is 5. The van der Waals surface area contributed by atoms with Gasteiger partial charge >= 0.3 is 0 Å². The fraction of sp³-hybridized carbons (Fsp3) is 0.500. The quantitative estimate of drug-likeness (QED) is 0.360. The number of nitrogens with zero attached hydrogens (tertiary/aromatic N) is 1. The normalized spacial score (nSPS) is 15.8.